The normalized spacial score (nSPS) is 24.0. The monoisotopic (exact) mass is 240 g/mol. The fourth-order valence-corrected chi connectivity index (χ4v) is 2.29. The highest BCUT2D eigenvalue weighted by Gasteiger charge is 2.33. The molecular weight excluding hydrogens is 220 g/mol. The van der Waals surface area contributed by atoms with E-state index < -0.39 is 12.0 Å². The first-order valence-electron chi connectivity index (χ1n) is 6.41. The lowest BCUT2D eigenvalue weighted by Crippen LogP contribution is -2.41. The molecule has 0 unspecified atom stereocenters. The van der Waals surface area contributed by atoms with E-state index in [2.05, 4.69) is 5.32 Å². The summed E-state index contributed by atoms with van der Waals surface area (Å²) < 4.78 is 0. The van der Waals surface area contributed by atoms with Gasteiger partial charge in [0, 0.05) is 19.5 Å². The van der Waals surface area contributed by atoms with Gasteiger partial charge in [-0.2, -0.15) is 0 Å². The highest BCUT2D eigenvalue weighted by atomic mass is 16.4. The van der Waals surface area contributed by atoms with Crippen LogP contribution in [0.2, 0.25) is 0 Å². The van der Waals surface area contributed by atoms with Gasteiger partial charge in [-0.1, -0.05) is 0 Å². The number of likely N-dealkylation sites (tertiary alicyclic amines) is 1. The highest BCUT2D eigenvalue weighted by Crippen LogP contribution is 2.27. The summed E-state index contributed by atoms with van der Waals surface area (Å²) in [4.78, 5) is 24.3. The Labute approximate surface area is 101 Å². The summed E-state index contributed by atoms with van der Waals surface area (Å²) in [5, 5.41) is 12.2. The third-order valence-corrected chi connectivity index (χ3v) is 3.50. The number of rotatable bonds is 6. The summed E-state index contributed by atoms with van der Waals surface area (Å²) in [7, 11) is 0. The molecule has 0 spiro atoms. The van der Waals surface area contributed by atoms with E-state index in [9.17, 15) is 9.59 Å². The van der Waals surface area contributed by atoms with Crippen molar-refractivity contribution in [3.05, 3.63) is 0 Å². The standard InChI is InChI=1S/C12H20N2O3/c15-11(5-6-13-8-9-3-4-9)14-7-1-2-10(14)12(16)17/h9-10,13H,1-8H2,(H,16,17)/t10-/m1/s1. The van der Waals surface area contributed by atoms with E-state index in [1.54, 1.807) is 0 Å². The third-order valence-electron chi connectivity index (χ3n) is 3.50. The van der Waals surface area contributed by atoms with E-state index >= 15 is 0 Å². The van der Waals surface area contributed by atoms with E-state index in [-0.39, 0.29) is 5.91 Å². The molecule has 1 aliphatic carbocycles. The molecule has 1 saturated heterocycles. The van der Waals surface area contributed by atoms with Crippen LogP contribution in [0.5, 0.6) is 0 Å². The molecule has 0 bridgehead atoms. The van der Waals surface area contributed by atoms with Crippen molar-refractivity contribution in [3.8, 4) is 0 Å². The predicted octanol–water partition coefficient (Wildman–Crippen LogP) is 0.452. The largest absolute Gasteiger partial charge is 0.480 e. The minimum atomic E-state index is -0.873. The van der Waals surface area contributed by atoms with Crippen LogP contribution in [0.15, 0.2) is 0 Å². The molecular formula is C12H20N2O3. The molecule has 1 saturated carbocycles. The molecule has 0 radical (unpaired) electrons. The van der Waals surface area contributed by atoms with Crippen LogP contribution >= 0.6 is 0 Å². The zero-order chi connectivity index (χ0) is 12.3. The van der Waals surface area contributed by atoms with E-state index in [1.165, 1.54) is 17.7 Å². The van der Waals surface area contributed by atoms with Crippen LogP contribution < -0.4 is 5.32 Å². The van der Waals surface area contributed by atoms with Crippen molar-refractivity contribution in [2.45, 2.75) is 38.1 Å². The van der Waals surface area contributed by atoms with Crippen LogP contribution in [0.25, 0.3) is 0 Å². The summed E-state index contributed by atoms with van der Waals surface area (Å²) in [6, 6.07) is -0.592. The van der Waals surface area contributed by atoms with Gasteiger partial charge in [0.15, 0.2) is 0 Å². The molecule has 5 nitrogen and oxygen atoms in total. The number of nitrogens with one attached hydrogen (secondary N) is 1. The maximum atomic E-state index is 11.8. The van der Waals surface area contributed by atoms with Crippen molar-refractivity contribution in [1.82, 2.24) is 10.2 Å². The zero-order valence-corrected chi connectivity index (χ0v) is 10.0. The van der Waals surface area contributed by atoms with Crippen molar-refractivity contribution in [2.75, 3.05) is 19.6 Å². The second kappa shape index (κ2) is 5.49. The summed E-state index contributed by atoms with van der Waals surface area (Å²) in [5.74, 6) is -0.0938. The summed E-state index contributed by atoms with van der Waals surface area (Å²) in [6.45, 7) is 2.26. The van der Waals surface area contributed by atoms with Gasteiger partial charge in [-0.3, -0.25) is 4.79 Å². The van der Waals surface area contributed by atoms with Gasteiger partial charge in [0.25, 0.3) is 0 Å². The number of carbonyl (C=O) groups excluding carboxylic acids is 1. The number of aliphatic carboxylic acids is 1. The Morgan fingerprint density at radius 2 is 2.06 bits per heavy atom. The maximum absolute atomic E-state index is 11.8. The molecule has 1 amide bonds. The summed E-state index contributed by atoms with van der Waals surface area (Å²) in [5.41, 5.74) is 0. The smallest absolute Gasteiger partial charge is 0.326 e. The van der Waals surface area contributed by atoms with Crippen LogP contribution in [-0.4, -0.2) is 47.6 Å². The van der Waals surface area contributed by atoms with Crippen molar-refractivity contribution in [1.29, 1.82) is 0 Å². The van der Waals surface area contributed by atoms with Crippen molar-refractivity contribution >= 4 is 11.9 Å². The second-order valence-corrected chi connectivity index (χ2v) is 4.98. The van der Waals surface area contributed by atoms with Gasteiger partial charge in [-0.15, -0.1) is 0 Å². The topological polar surface area (TPSA) is 69.6 Å². The Morgan fingerprint density at radius 1 is 1.29 bits per heavy atom. The number of hydrogen-bond acceptors (Lipinski definition) is 3. The second-order valence-electron chi connectivity index (χ2n) is 4.98. The van der Waals surface area contributed by atoms with E-state index in [0.29, 0.717) is 25.9 Å². The van der Waals surface area contributed by atoms with Crippen LogP contribution in [0.1, 0.15) is 32.1 Å². The van der Waals surface area contributed by atoms with E-state index in [0.717, 1.165) is 18.9 Å². The lowest BCUT2D eigenvalue weighted by molar-refractivity contribution is -0.148. The number of hydrogen-bond donors (Lipinski definition) is 2. The van der Waals surface area contributed by atoms with Gasteiger partial charge in [-0.25, -0.2) is 4.79 Å². The molecule has 2 aliphatic rings. The first-order chi connectivity index (χ1) is 8.18. The molecule has 2 fully saturated rings. The molecule has 5 heteroatoms. The first-order valence-corrected chi connectivity index (χ1v) is 6.41. The lowest BCUT2D eigenvalue weighted by atomic mass is 10.2. The minimum absolute atomic E-state index is 0.0294. The van der Waals surface area contributed by atoms with Gasteiger partial charge in [0.2, 0.25) is 5.91 Å². The molecule has 0 aromatic heterocycles. The summed E-state index contributed by atoms with van der Waals surface area (Å²) in [6.07, 6.45) is 4.41. The number of carboxylic acids is 1. The van der Waals surface area contributed by atoms with Crippen LogP contribution in [0, 0.1) is 5.92 Å². The lowest BCUT2D eigenvalue weighted by Gasteiger charge is -2.21. The average Bonchev–Trinajstić information content (AvgIpc) is 2.97. The molecule has 2 rings (SSSR count). The minimum Gasteiger partial charge on any atom is -0.480 e. The maximum Gasteiger partial charge on any atom is 0.326 e. The fourth-order valence-electron chi connectivity index (χ4n) is 2.29. The third kappa shape index (κ3) is 3.43. The molecule has 0 aromatic carbocycles. The fraction of sp³-hybridized carbons (Fsp3) is 0.833. The number of carbonyl (C=O) groups is 2. The van der Waals surface area contributed by atoms with Gasteiger partial charge < -0.3 is 15.3 Å². The first kappa shape index (κ1) is 12.4. The molecule has 1 aliphatic heterocycles. The Kier molecular flexibility index (Phi) is 3.99. The van der Waals surface area contributed by atoms with Gasteiger partial charge in [0.1, 0.15) is 6.04 Å². The molecule has 17 heavy (non-hydrogen) atoms. The number of nitrogens with zero attached hydrogens (tertiary/aromatic N) is 1. The Bertz CT molecular complexity index is 302. The highest BCUT2D eigenvalue weighted by molar-refractivity contribution is 5.84. The molecule has 2 N–H and O–H groups in total. The van der Waals surface area contributed by atoms with E-state index in [1.807, 2.05) is 0 Å². The van der Waals surface area contributed by atoms with Gasteiger partial charge in [-0.05, 0) is 38.1 Å². The summed E-state index contributed by atoms with van der Waals surface area (Å²) >= 11 is 0. The number of amides is 1. The predicted molar refractivity (Wildman–Crippen MR) is 62.6 cm³/mol. The van der Waals surface area contributed by atoms with Crippen LogP contribution in [0.3, 0.4) is 0 Å². The zero-order valence-electron chi connectivity index (χ0n) is 10.0. The van der Waals surface area contributed by atoms with Crippen molar-refractivity contribution in [2.24, 2.45) is 5.92 Å². The quantitative estimate of drug-likeness (QED) is 0.661. The van der Waals surface area contributed by atoms with Crippen LogP contribution in [-0.2, 0) is 9.59 Å². The van der Waals surface area contributed by atoms with Crippen molar-refractivity contribution in [3.63, 3.8) is 0 Å². The molecule has 96 valence electrons. The number of carboxylic acid groups (broad SMARTS) is 1. The molecule has 1 heterocycles. The van der Waals surface area contributed by atoms with Crippen LogP contribution in [0.4, 0.5) is 0 Å². The molecule has 1 atom stereocenters. The van der Waals surface area contributed by atoms with Gasteiger partial charge >= 0.3 is 5.97 Å². The Hall–Kier alpha value is -1.10. The average molecular weight is 240 g/mol. The molecule has 0 aromatic rings. The van der Waals surface area contributed by atoms with Gasteiger partial charge in [0.05, 0.1) is 0 Å². The van der Waals surface area contributed by atoms with Crippen molar-refractivity contribution < 1.29 is 14.7 Å². The SMILES string of the molecule is O=C(O)[C@H]1CCCN1C(=O)CCNCC1CC1. The van der Waals surface area contributed by atoms with E-state index in [4.69, 9.17) is 5.11 Å². The Morgan fingerprint density at radius 3 is 2.71 bits per heavy atom. The Balaban J connectivity index is 1.68.